The Kier molecular flexibility index (Phi) is 5.51. The van der Waals surface area contributed by atoms with E-state index in [1.165, 1.54) is 36.8 Å². The van der Waals surface area contributed by atoms with Gasteiger partial charge >= 0.3 is 0 Å². The number of fused-ring (bicyclic) bond motifs is 1. The average Bonchev–Trinajstić information content (AvgIpc) is 2.58. The summed E-state index contributed by atoms with van der Waals surface area (Å²) in [5, 5.41) is 5.83. The van der Waals surface area contributed by atoms with Gasteiger partial charge in [-0.3, -0.25) is 9.59 Å². The van der Waals surface area contributed by atoms with Gasteiger partial charge in [0.05, 0.1) is 11.1 Å². The molecule has 1 heterocycles. The summed E-state index contributed by atoms with van der Waals surface area (Å²) in [6.45, 7) is 1.89. The highest BCUT2D eigenvalue weighted by atomic mass is 16.2. The quantitative estimate of drug-likeness (QED) is 0.861. The van der Waals surface area contributed by atoms with E-state index >= 15 is 0 Å². The van der Waals surface area contributed by atoms with Crippen LogP contribution in [0.1, 0.15) is 50.6 Å². The third-order valence-corrected chi connectivity index (χ3v) is 5.35. The van der Waals surface area contributed by atoms with Crippen LogP contribution >= 0.6 is 0 Å². The third kappa shape index (κ3) is 3.91. The molecule has 3 rings (SSSR count). The van der Waals surface area contributed by atoms with E-state index in [9.17, 15) is 9.59 Å². The van der Waals surface area contributed by atoms with Crippen LogP contribution in [-0.2, 0) is 11.3 Å². The van der Waals surface area contributed by atoms with Crippen molar-refractivity contribution in [3.05, 3.63) is 40.3 Å². The van der Waals surface area contributed by atoms with Gasteiger partial charge in [0.15, 0.2) is 0 Å². The maximum atomic E-state index is 12.7. The lowest BCUT2D eigenvalue weighted by Gasteiger charge is -2.30. The lowest BCUT2D eigenvalue weighted by molar-refractivity contribution is -0.133. The summed E-state index contributed by atoms with van der Waals surface area (Å²) in [7, 11) is 1.87. The van der Waals surface area contributed by atoms with E-state index in [-0.39, 0.29) is 24.1 Å². The Balaban J connectivity index is 1.79. The number of nitrogens with zero attached hydrogens (tertiary/aromatic N) is 3. The van der Waals surface area contributed by atoms with Gasteiger partial charge in [-0.25, -0.2) is 4.68 Å². The predicted molar refractivity (Wildman–Crippen MR) is 99.6 cm³/mol. The maximum absolute atomic E-state index is 12.7. The Labute approximate surface area is 148 Å². The van der Waals surface area contributed by atoms with Crippen LogP contribution in [0.5, 0.6) is 0 Å². The van der Waals surface area contributed by atoms with Crippen LogP contribution in [0.4, 0.5) is 0 Å². The molecule has 5 nitrogen and oxygen atoms in total. The molecule has 1 aromatic carbocycles. The number of carbonyl (C=O) groups is 1. The number of rotatable bonds is 3. The van der Waals surface area contributed by atoms with E-state index in [1.807, 2.05) is 37.1 Å². The topological polar surface area (TPSA) is 55.2 Å². The maximum Gasteiger partial charge on any atom is 0.275 e. The Morgan fingerprint density at radius 2 is 1.72 bits per heavy atom. The van der Waals surface area contributed by atoms with Gasteiger partial charge in [0.25, 0.3) is 5.56 Å². The molecule has 1 aromatic heterocycles. The second kappa shape index (κ2) is 7.81. The Morgan fingerprint density at radius 1 is 1.12 bits per heavy atom. The number of hydrogen-bond donors (Lipinski definition) is 0. The SMILES string of the molecule is Cc1nn(CC(=O)N(C)C2CCCCCCC2)c(=O)c2ccccc12. The number of aryl methyl sites for hydroxylation is 1. The van der Waals surface area contributed by atoms with Gasteiger partial charge in [-0.1, -0.05) is 50.3 Å². The fraction of sp³-hybridized carbons (Fsp3) is 0.550. The Morgan fingerprint density at radius 3 is 2.40 bits per heavy atom. The molecule has 1 fully saturated rings. The molecule has 0 N–H and O–H groups in total. The standard InChI is InChI=1S/C20H27N3O2/c1-15-17-12-8-9-13-18(17)20(25)23(21-15)14-19(24)22(2)16-10-6-4-3-5-7-11-16/h8-9,12-13,16H,3-7,10-11,14H2,1-2H3. The zero-order valence-electron chi connectivity index (χ0n) is 15.2. The number of benzene rings is 1. The molecule has 0 spiro atoms. The molecule has 2 aromatic rings. The van der Waals surface area contributed by atoms with Gasteiger partial charge in [0, 0.05) is 18.5 Å². The molecule has 1 aliphatic rings. The molecule has 5 heteroatoms. The Hall–Kier alpha value is -2.17. The molecule has 0 unspecified atom stereocenters. The third-order valence-electron chi connectivity index (χ3n) is 5.35. The lowest BCUT2D eigenvalue weighted by atomic mass is 9.96. The summed E-state index contributed by atoms with van der Waals surface area (Å²) in [5.74, 6) is -0.0325. The first-order valence-corrected chi connectivity index (χ1v) is 9.30. The van der Waals surface area contributed by atoms with Gasteiger partial charge in [0.2, 0.25) is 5.91 Å². The molecule has 0 atom stereocenters. The van der Waals surface area contributed by atoms with Crippen molar-refractivity contribution in [3.63, 3.8) is 0 Å². The van der Waals surface area contributed by atoms with Crippen molar-refractivity contribution < 1.29 is 4.79 Å². The van der Waals surface area contributed by atoms with Crippen LogP contribution in [0.2, 0.25) is 0 Å². The highest BCUT2D eigenvalue weighted by Crippen LogP contribution is 2.21. The summed E-state index contributed by atoms with van der Waals surface area (Å²) >= 11 is 0. The minimum absolute atomic E-state index is 0.0114. The fourth-order valence-corrected chi connectivity index (χ4v) is 3.78. The molecular formula is C20H27N3O2. The number of carbonyl (C=O) groups excluding carboxylic acids is 1. The normalized spacial score (nSPS) is 16.4. The van der Waals surface area contributed by atoms with Crippen molar-refractivity contribution >= 4 is 16.7 Å². The van der Waals surface area contributed by atoms with Crippen molar-refractivity contribution in [2.75, 3.05) is 7.05 Å². The molecule has 0 bridgehead atoms. The first kappa shape index (κ1) is 17.6. The Bertz CT molecular complexity index is 804. The molecule has 134 valence electrons. The second-order valence-electron chi connectivity index (χ2n) is 7.10. The summed E-state index contributed by atoms with van der Waals surface area (Å²) in [6, 6.07) is 7.72. The summed E-state index contributed by atoms with van der Waals surface area (Å²) in [5.41, 5.74) is 0.581. The first-order valence-electron chi connectivity index (χ1n) is 9.30. The molecule has 1 aliphatic carbocycles. The molecule has 0 aliphatic heterocycles. The first-order chi connectivity index (χ1) is 12.1. The number of likely N-dealkylation sites (N-methyl/N-ethyl adjacent to an activating group) is 1. The molecule has 1 amide bonds. The van der Waals surface area contributed by atoms with Gasteiger partial charge in [0.1, 0.15) is 6.54 Å². The van der Waals surface area contributed by atoms with Crippen molar-refractivity contribution in [3.8, 4) is 0 Å². The van der Waals surface area contributed by atoms with Crippen molar-refractivity contribution in [1.29, 1.82) is 0 Å². The van der Waals surface area contributed by atoms with Crippen molar-refractivity contribution in [2.45, 2.75) is 64.5 Å². The average molecular weight is 341 g/mol. The monoisotopic (exact) mass is 341 g/mol. The smallest absolute Gasteiger partial charge is 0.275 e. The molecule has 25 heavy (non-hydrogen) atoms. The molecular weight excluding hydrogens is 314 g/mol. The number of hydrogen-bond acceptors (Lipinski definition) is 3. The summed E-state index contributed by atoms with van der Waals surface area (Å²) in [6.07, 6.45) is 8.28. The summed E-state index contributed by atoms with van der Waals surface area (Å²) in [4.78, 5) is 27.2. The van der Waals surface area contributed by atoms with Crippen molar-refractivity contribution in [2.24, 2.45) is 0 Å². The minimum atomic E-state index is -0.194. The fourth-order valence-electron chi connectivity index (χ4n) is 3.78. The van der Waals surface area contributed by atoms with Gasteiger partial charge in [-0.2, -0.15) is 5.10 Å². The van der Waals surface area contributed by atoms with Crippen LogP contribution in [0.3, 0.4) is 0 Å². The van der Waals surface area contributed by atoms with Crippen molar-refractivity contribution in [1.82, 2.24) is 14.7 Å². The van der Waals surface area contributed by atoms with E-state index in [4.69, 9.17) is 0 Å². The van der Waals surface area contributed by atoms with Crippen LogP contribution in [0.25, 0.3) is 10.8 Å². The molecule has 1 saturated carbocycles. The number of aromatic nitrogens is 2. The highest BCUT2D eigenvalue weighted by Gasteiger charge is 2.21. The lowest BCUT2D eigenvalue weighted by Crippen LogP contribution is -2.41. The summed E-state index contributed by atoms with van der Waals surface area (Å²) < 4.78 is 1.32. The highest BCUT2D eigenvalue weighted by molar-refractivity contribution is 5.83. The van der Waals surface area contributed by atoms with E-state index in [2.05, 4.69) is 5.10 Å². The van der Waals surface area contributed by atoms with E-state index in [1.54, 1.807) is 6.07 Å². The van der Waals surface area contributed by atoms with Crippen LogP contribution in [0.15, 0.2) is 29.1 Å². The predicted octanol–water partition coefficient (Wildman–Crippen LogP) is 3.28. The van der Waals surface area contributed by atoms with E-state index < -0.39 is 0 Å². The second-order valence-corrected chi connectivity index (χ2v) is 7.10. The largest absolute Gasteiger partial charge is 0.341 e. The van der Waals surface area contributed by atoms with Crippen LogP contribution in [0, 0.1) is 6.92 Å². The van der Waals surface area contributed by atoms with Gasteiger partial charge < -0.3 is 4.90 Å². The van der Waals surface area contributed by atoms with Crippen LogP contribution in [-0.4, -0.2) is 33.7 Å². The number of amides is 1. The molecule has 0 radical (unpaired) electrons. The van der Waals surface area contributed by atoms with E-state index in [0.717, 1.165) is 23.9 Å². The van der Waals surface area contributed by atoms with Gasteiger partial charge in [-0.15, -0.1) is 0 Å². The zero-order valence-corrected chi connectivity index (χ0v) is 15.2. The minimum Gasteiger partial charge on any atom is -0.341 e. The van der Waals surface area contributed by atoms with Crippen LogP contribution < -0.4 is 5.56 Å². The zero-order chi connectivity index (χ0) is 17.8. The van der Waals surface area contributed by atoms with Gasteiger partial charge in [-0.05, 0) is 25.8 Å². The van der Waals surface area contributed by atoms with E-state index in [0.29, 0.717) is 5.39 Å². The molecule has 0 saturated heterocycles.